The third-order valence-electron chi connectivity index (χ3n) is 2.77. The van der Waals surface area contributed by atoms with Gasteiger partial charge in [-0.25, -0.2) is 0 Å². The van der Waals surface area contributed by atoms with Crippen molar-refractivity contribution >= 4 is 28.9 Å². The molecule has 1 fully saturated rings. The average molecular weight is 246 g/mol. The van der Waals surface area contributed by atoms with E-state index in [-0.39, 0.29) is 12.1 Å². The van der Waals surface area contributed by atoms with Crippen molar-refractivity contribution in [2.45, 2.75) is 31.4 Å². The fraction of sp³-hybridized carbons (Fsp3) is 0.455. The van der Waals surface area contributed by atoms with Gasteiger partial charge in [0.05, 0.1) is 27.9 Å². The van der Waals surface area contributed by atoms with Crippen LogP contribution in [0.25, 0.3) is 0 Å². The van der Waals surface area contributed by atoms with Crippen molar-refractivity contribution in [3.63, 3.8) is 0 Å². The van der Waals surface area contributed by atoms with Crippen molar-refractivity contribution in [1.82, 2.24) is 0 Å². The molecule has 0 amide bonds. The third-order valence-corrected chi connectivity index (χ3v) is 3.59. The predicted octanol–water partition coefficient (Wildman–Crippen LogP) is 3.32. The van der Waals surface area contributed by atoms with E-state index < -0.39 is 0 Å². The largest absolute Gasteiger partial charge is 0.391 e. The van der Waals surface area contributed by atoms with Crippen molar-refractivity contribution in [2.24, 2.45) is 0 Å². The molecular weight excluding hydrogens is 233 g/mol. The second kappa shape index (κ2) is 4.60. The Bertz CT molecular complexity index is 356. The first-order valence-electron chi connectivity index (χ1n) is 5.07. The van der Waals surface area contributed by atoms with Crippen LogP contribution in [0.2, 0.25) is 10.0 Å². The lowest BCUT2D eigenvalue weighted by molar-refractivity contribution is 0.172. The number of anilines is 1. The van der Waals surface area contributed by atoms with E-state index in [1.54, 1.807) is 6.07 Å². The Kier molecular flexibility index (Phi) is 3.39. The quantitative estimate of drug-likeness (QED) is 0.838. The maximum Gasteiger partial charge on any atom is 0.0823 e. The van der Waals surface area contributed by atoms with E-state index in [1.165, 1.54) is 0 Å². The summed E-state index contributed by atoms with van der Waals surface area (Å²) in [7, 11) is 0. The molecule has 0 unspecified atom stereocenters. The molecule has 82 valence electrons. The van der Waals surface area contributed by atoms with E-state index in [0.717, 1.165) is 24.9 Å². The van der Waals surface area contributed by atoms with E-state index >= 15 is 0 Å². The van der Waals surface area contributed by atoms with Gasteiger partial charge in [-0.05, 0) is 31.4 Å². The van der Waals surface area contributed by atoms with Crippen molar-refractivity contribution in [3.8, 4) is 0 Å². The number of aliphatic hydroxyl groups is 1. The van der Waals surface area contributed by atoms with Crippen LogP contribution in [-0.2, 0) is 0 Å². The van der Waals surface area contributed by atoms with Crippen LogP contribution >= 0.6 is 23.2 Å². The average Bonchev–Trinajstić information content (AvgIpc) is 2.60. The topological polar surface area (TPSA) is 32.3 Å². The summed E-state index contributed by atoms with van der Waals surface area (Å²) in [6.45, 7) is 0. The van der Waals surface area contributed by atoms with Gasteiger partial charge in [0.2, 0.25) is 0 Å². The lowest BCUT2D eigenvalue weighted by atomic mass is 10.2. The summed E-state index contributed by atoms with van der Waals surface area (Å²) in [5.74, 6) is 0. The van der Waals surface area contributed by atoms with Crippen LogP contribution in [0.5, 0.6) is 0 Å². The SMILES string of the molecule is O[C@H]1CCC[C@@H]1Nc1cccc(Cl)c1Cl. The van der Waals surface area contributed by atoms with Crippen molar-refractivity contribution in [2.75, 3.05) is 5.32 Å². The Morgan fingerprint density at radius 1 is 1.27 bits per heavy atom. The third kappa shape index (κ3) is 2.39. The van der Waals surface area contributed by atoms with Crippen LogP contribution in [0, 0.1) is 0 Å². The van der Waals surface area contributed by atoms with Gasteiger partial charge in [0.25, 0.3) is 0 Å². The van der Waals surface area contributed by atoms with Crippen LogP contribution in [0.3, 0.4) is 0 Å². The number of hydrogen-bond donors (Lipinski definition) is 2. The van der Waals surface area contributed by atoms with Crippen LogP contribution in [0.1, 0.15) is 19.3 Å². The number of halogens is 2. The lowest BCUT2D eigenvalue weighted by Crippen LogP contribution is -2.27. The maximum atomic E-state index is 9.67. The van der Waals surface area contributed by atoms with Gasteiger partial charge in [0, 0.05) is 0 Å². The molecule has 1 aliphatic rings. The molecule has 0 heterocycles. The van der Waals surface area contributed by atoms with Crippen LogP contribution in [0.15, 0.2) is 18.2 Å². The van der Waals surface area contributed by atoms with Gasteiger partial charge in [-0.3, -0.25) is 0 Å². The molecule has 2 atom stereocenters. The number of aliphatic hydroxyl groups excluding tert-OH is 1. The molecule has 4 heteroatoms. The Morgan fingerprint density at radius 3 is 2.73 bits per heavy atom. The Hall–Kier alpha value is -0.440. The Morgan fingerprint density at radius 2 is 2.07 bits per heavy atom. The van der Waals surface area contributed by atoms with E-state index in [0.29, 0.717) is 10.0 Å². The monoisotopic (exact) mass is 245 g/mol. The molecule has 15 heavy (non-hydrogen) atoms. The summed E-state index contributed by atoms with van der Waals surface area (Å²) in [6, 6.07) is 5.57. The zero-order valence-corrected chi connectivity index (χ0v) is 9.72. The fourth-order valence-electron chi connectivity index (χ4n) is 1.92. The molecule has 2 nitrogen and oxygen atoms in total. The fourth-order valence-corrected chi connectivity index (χ4v) is 2.28. The molecule has 2 rings (SSSR count). The minimum Gasteiger partial charge on any atom is -0.391 e. The highest BCUT2D eigenvalue weighted by molar-refractivity contribution is 6.43. The van der Waals surface area contributed by atoms with Crippen molar-refractivity contribution in [3.05, 3.63) is 28.2 Å². The van der Waals surface area contributed by atoms with E-state index in [2.05, 4.69) is 5.32 Å². The summed E-state index contributed by atoms with van der Waals surface area (Å²) in [4.78, 5) is 0. The van der Waals surface area contributed by atoms with Crippen molar-refractivity contribution < 1.29 is 5.11 Å². The van der Waals surface area contributed by atoms with Gasteiger partial charge in [-0.1, -0.05) is 29.3 Å². The normalized spacial score (nSPS) is 25.5. The first kappa shape index (κ1) is 11.1. The molecule has 0 bridgehead atoms. The zero-order chi connectivity index (χ0) is 10.8. The Labute approximate surface area is 99.2 Å². The summed E-state index contributed by atoms with van der Waals surface area (Å²) >= 11 is 11.9. The molecule has 1 aromatic rings. The maximum absolute atomic E-state index is 9.67. The minimum atomic E-state index is -0.278. The van der Waals surface area contributed by atoms with Gasteiger partial charge in [0.1, 0.15) is 0 Å². The van der Waals surface area contributed by atoms with Gasteiger partial charge < -0.3 is 10.4 Å². The number of benzene rings is 1. The molecule has 2 N–H and O–H groups in total. The highest BCUT2D eigenvalue weighted by Gasteiger charge is 2.25. The molecule has 1 aliphatic carbocycles. The summed E-state index contributed by atoms with van der Waals surface area (Å²) in [6.07, 6.45) is 2.61. The van der Waals surface area contributed by atoms with E-state index in [1.807, 2.05) is 12.1 Å². The second-order valence-electron chi connectivity index (χ2n) is 3.85. The second-order valence-corrected chi connectivity index (χ2v) is 4.64. The van der Waals surface area contributed by atoms with Gasteiger partial charge >= 0.3 is 0 Å². The van der Waals surface area contributed by atoms with Gasteiger partial charge in [0.15, 0.2) is 0 Å². The van der Waals surface area contributed by atoms with E-state index in [9.17, 15) is 5.11 Å². The molecule has 0 spiro atoms. The lowest BCUT2D eigenvalue weighted by Gasteiger charge is -2.18. The molecular formula is C11H13Cl2NO. The molecule has 0 aromatic heterocycles. The Balaban J connectivity index is 2.13. The number of rotatable bonds is 2. The molecule has 1 saturated carbocycles. The summed E-state index contributed by atoms with van der Waals surface area (Å²) < 4.78 is 0. The van der Waals surface area contributed by atoms with Gasteiger partial charge in [-0.15, -0.1) is 0 Å². The van der Waals surface area contributed by atoms with Crippen LogP contribution in [-0.4, -0.2) is 17.3 Å². The summed E-state index contributed by atoms with van der Waals surface area (Å²) in [5, 5.41) is 14.0. The molecule has 0 saturated heterocycles. The first-order chi connectivity index (χ1) is 7.18. The van der Waals surface area contributed by atoms with E-state index in [4.69, 9.17) is 23.2 Å². The van der Waals surface area contributed by atoms with Crippen molar-refractivity contribution in [1.29, 1.82) is 0 Å². The number of hydrogen-bond acceptors (Lipinski definition) is 2. The van der Waals surface area contributed by atoms with Crippen LogP contribution < -0.4 is 5.32 Å². The predicted molar refractivity (Wildman–Crippen MR) is 63.7 cm³/mol. The van der Waals surface area contributed by atoms with Gasteiger partial charge in [-0.2, -0.15) is 0 Å². The molecule has 0 aliphatic heterocycles. The molecule has 0 radical (unpaired) electrons. The number of nitrogens with one attached hydrogen (secondary N) is 1. The summed E-state index contributed by atoms with van der Waals surface area (Å²) in [5.41, 5.74) is 0.801. The minimum absolute atomic E-state index is 0.0981. The highest BCUT2D eigenvalue weighted by Crippen LogP contribution is 2.32. The van der Waals surface area contributed by atoms with Crippen LogP contribution in [0.4, 0.5) is 5.69 Å². The molecule has 1 aromatic carbocycles. The zero-order valence-electron chi connectivity index (χ0n) is 8.21. The first-order valence-corrected chi connectivity index (χ1v) is 5.82. The standard InChI is InChI=1S/C11H13Cl2NO/c12-7-3-1-5-9(11(7)13)14-8-4-2-6-10(8)15/h1,3,5,8,10,14-15H,2,4,6H2/t8-,10-/m0/s1. The smallest absolute Gasteiger partial charge is 0.0823 e. The highest BCUT2D eigenvalue weighted by atomic mass is 35.5.